The minimum atomic E-state index is -0.202. The van der Waals surface area contributed by atoms with E-state index in [9.17, 15) is 4.79 Å². The molecule has 0 atom stereocenters. The molecule has 0 fully saturated rings. The highest BCUT2D eigenvalue weighted by atomic mass is 35.5. The minimum absolute atomic E-state index is 0.202. The van der Waals surface area contributed by atoms with Gasteiger partial charge in [0.15, 0.2) is 0 Å². The van der Waals surface area contributed by atoms with Crippen LogP contribution in [0.25, 0.3) is 0 Å². The lowest BCUT2D eigenvalue weighted by atomic mass is 9.88. The van der Waals surface area contributed by atoms with Crippen LogP contribution in [0.2, 0.25) is 5.02 Å². The predicted octanol–water partition coefficient (Wildman–Crippen LogP) is 3.95. The standard InChI is InChI=1S/C15H22ClNO2/c1-15(2,3)9-8-11-6-7-12(10-13(11)16)14(18)17(4)19-5/h6-7,10H,8-9H2,1-5H3. The molecule has 3 nitrogen and oxygen atoms in total. The number of amides is 1. The minimum Gasteiger partial charge on any atom is -0.274 e. The van der Waals surface area contributed by atoms with E-state index in [2.05, 4.69) is 20.8 Å². The summed E-state index contributed by atoms with van der Waals surface area (Å²) in [4.78, 5) is 16.8. The first-order valence-corrected chi connectivity index (χ1v) is 6.73. The molecule has 0 N–H and O–H groups in total. The van der Waals surface area contributed by atoms with Crippen molar-refractivity contribution in [1.29, 1.82) is 0 Å². The summed E-state index contributed by atoms with van der Waals surface area (Å²) in [6.45, 7) is 6.60. The van der Waals surface area contributed by atoms with Crippen LogP contribution < -0.4 is 0 Å². The van der Waals surface area contributed by atoms with Crippen molar-refractivity contribution in [3.8, 4) is 0 Å². The Morgan fingerprint density at radius 3 is 2.47 bits per heavy atom. The largest absolute Gasteiger partial charge is 0.277 e. The SMILES string of the molecule is CON(C)C(=O)c1ccc(CCC(C)(C)C)c(Cl)c1. The van der Waals surface area contributed by atoms with Gasteiger partial charge in [0.1, 0.15) is 0 Å². The molecule has 0 radical (unpaired) electrons. The van der Waals surface area contributed by atoms with Gasteiger partial charge in [-0.25, -0.2) is 5.06 Å². The highest BCUT2D eigenvalue weighted by Crippen LogP contribution is 2.26. The van der Waals surface area contributed by atoms with Crippen LogP contribution in [0.4, 0.5) is 0 Å². The quantitative estimate of drug-likeness (QED) is 0.783. The van der Waals surface area contributed by atoms with Crippen LogP contribution in [0.15, 0.2) is 18.2 Å². The summed E-state index contributed by atoms with van der Waals surface area (Å²) in [6.07, 6.45) is 1.97. The molecule has 0 aliphatic heterocycles. The van der Waals surface area contributed by atoms with E-state index in [4.69, 9.17) is 16.4 Å². The van der Waals surface area contributed by atoms with Gasteiger partial charge in [-0.05, 0) is 36.0 Å². The molecule has 0 aromatic heterocycles. The predicted molar refractivity (Wildman–Crippen MR) is 78.3 cm³/mol. The van der Waals surface area contributed by atoms with Gasteiger partial charge >= 0.3 is 0 Å². The number of aryl methyl sites for hydroxylation is 1. The van der Waals surface area contributed by atoms with Gasteiger partial charge in [0.25, 0.3) is 5.91 Å². The van der Waals surface area contributed by atoms with E-state index in [1.165, 1.54) is 12.2 Å². The maximum absolute atomic E-state index is 11.9. The number of benzene rings is 1. The Hall–Kier alpha value is -1.06. The van der Waals surface area contributed by atoms with Crippen LogP contribution in [0, 0.1) is 5.41 Å². The summed E-state index contributed by atoms with van der Waals surface area (Å²) >= 11 is 6.24. The van der Waals surface area contributed by atoms with Crippen molar-refractivity contribution in [3.63, 3.8) is 0 Å². The van der Waals surface area contributed by atoms with Gasteiger partial charge in [-0.2, -0.15) is 0 Å². The first-order valence-electron chi connectivity index (χ1n) is 6.35. The van der Waals surface area contributed by atoms with Gasteiger partial charge < -0.3 is 0 Å². The average Bonchev–Trinajstić information content (AvgIpc) is 2.34. The third kappa shape index (κ3) is 4.84. The van der Waals surface area contributed by atoms with Crippen LogP contribution in [-0.2, 0) is 11.3 Å². The Morgan fingerprint density at radius 2 is 2.00 bits per heavy atom. The molecule has 4 heteroatoms. The number of nitrogens with zero attached hydrogens (tertiary/aromatic N) is 1. The molecule has 0 spiro atoms. The van der Waals surface area contributed by atoms with Gasteiger partial charge in [-0.3, -0.25) is 9.63 Å². The number of hydrogen-bond acceptors (Lipinski definition) is 2. The number of carbonyl (C=O) groups is 1. The molecule has 0 saturated heterocycles. The van der Waals surface area contributed by atoms with Gasteiger partial charge in [0.05, 0.1) is 7.11 Å². The van der Waals surface area contributed by atoms with Crippen LogP contribution >= 0.6 is 11.6 Å². The van der Waals surface area contributed by atoms with Crippen molar-refractivity contribution in [1.82, 2.24) is 5.06 Å². The van der Waals surface area contributed by atoms with Gasteiger partial charge in [0, 0.05) is 17.6 Å². The fourth-order valence-corrected chi connectivity index (χ4v) is 1.93. The molecule has 106 valence electrons. The summed E-state index contributed by atoms with van der Waals surface area (Å²) in [6, 6.07) is 5.42. The third-order valence-corrected chi connectivity index (χ3v) is 3.36. The van der Waals surface area contributed by atoms with E-state index in [-0.39, 0.29) is 11.3 Å². The van der Waals surface area contributed by atoms with Crippen LogP contribution in [0.5, 0.6) is 0 Å². The van der Waals surface area contributed by atoms with E-state index in [0.29, 0.717) is 10.6 Å². The summed E-state index contributed by atoms with van der Waals surface area (Å²) < 4.78 is 0. The first-order chi connectivity index (χ1) is 8.74. The summed E-state index contributed by atoms with van der Waals surface area (Å²) in [5.41, 5.74) is 1.88. The van der Waals surface area contributed by atoms with E-state index in [1.54, 1.807) is 19.2 Å². The summed E-state index contributed by atoms with van der Waals surface area (Å²) in [5.74, 6) is -0.202. The second-order valence-electron chi connectivity index (χ2n) is 5.85. The Kier molecular flexibility index (Phi) is 5.39. The van der Waals surface area contributed by atoms with Crippen LogP contribution in [0.1, 0.15) is 43.1 Å². The molecule has 0 aliphatic rings. The zero-order valence-corrected chi connectivity index (χ0v) is 13.0. The molecular formula is C15H22ClNO2. The number of halogens is 1. The number of hydroxylamine groups is 2. The van der Waals surface area contributed by atoms with E-state index in [1.807, 2.05) is 6.07 Å². The number of rotatable bonds is 4. The lowest BCUT2D eigenvalue weighted by molar-refractivity contribution is -0.0756. The highest BCUT2D eigenvalue weighted by molar-refractivity contribution is 6.31. The first kappa shape index (κ1) is 16.0. The maximum Gasteiger partial charge on any atom is 0.277 e. The smallest absolute Gasteiger partial charge is 0.274 e. The van der Waals surface area contributed by atoms with E-state index >= 15 is 0 Å². The molecule has 0 unspecified atom stereocenters. The lowest BCUT2D eigenvalue weighted by Crippen LogP contribution is -2.25. The monoisotopic (exact) mass is 283 g/mol. The fraction of sp³-hybridized carbons (Fsp3) is 0.533. The number of hydrogen-bond donors (Lipinski definition) is 0. The average molecular weight is 284 g/mol. The van der Waals surface area contributed by atoms with E-state index in [0.717, 1.165) is 18.4 Å². The summed E-state index contributed by atoms with van der Waals surface area (Å²) in [7, 11) is 3.03. The maximum atomic E-state index is 11.9. The highest BCUT2D eigenvalue weighted by Gasteiger charge is 2.15. The van der Waals surface area contributed by atoms with Crippen LogP contribution in [-0.4, -0.2) is 25.1 Å². The van der Waals surface area contributed by atoms with Crippen molar-refractivity contribution in [2.75, 3.05) is 14.2 Å². The molecule has 0 saturated carbocycles. The Morgan fingerprint density at radius 1 is 1.37 bits per heavy atom. The van der Waals surface area contributed by atoms with Crippen molar-refractivity contribution >= 4 is 17.5 Å². The second-order valence-corrected chi connectivity index (χ2v) is 6.26. The Bertz CT molecular complexity index is 452. The number of carbonyl (C=O) groups excluding carboxylic acids is 1. The zero-order valence-electron chi connectivity index (χ0n) is 12.3. The molecule has 1 amide bonds. The Labute approximate surface area is 120 Å². The zero-order chi connectivity index (χ0) is 14.6. The Balaban J connectivity index is 2.83. The molecule has 1 rings (SSSR count). The molecule has 1 aromatic carbocycles. The van der Waals surface area contributed by atoms with Crippen molar-refractivity contribution in [2.24, 2.45) is 5.41 Å². The van der Waals surface area contributed by atoms with Crippen molar-refractivity contribution < 1.29 is 9.63 Å². The molecular weight excluding hydrogens is 262 g/mol. The van der Waals surface area contributed by atoms with Gasteiger partial charge in [-0.1, -0.05) is 38.4 Å². The van der Waals surface area contributed by atoms with Crippen molar-refractivity contribution in [2.45, 2.75) is 33.6 Å². The van der Waals surface area contributed by atoms with Crippen LogP contribution in [0.3, 0.4) is 0 Å². The lowest BCUT2D eigenvalue weighted by Gasteiger charge is -2.18. The molecule has 1 aromatic rings. The second kappa shape index (κ2) is 6.40. The topological polar surface area (TPSA) is 29.5 Å². The summed E-state index contributed by atoms with van der Waals surface area (Å²) in [5, 5.41) is 1.82. The van der Waals surface area contributed by atoms with Gasteiger partial charge in [0.2, 0.25) is 0 Å². The third-order valence-electron chi connectivity index (χ3n) is 3.00. The fourth-order valence-electron chi connectivity index (χ4n) is 1.66. The van der Waals surface area contributed by atoms with Crippen molar-refractivity contribution in [3.05, 3.63) is 34.3 Å². The van der Waals surface area contributed by atoms with Gasteiger partial charge in [-0.15, -0.1) is 0 Å². The molecule has 0 heterocycles. The molecule has 19 heavy (non-hydrogen) atoms. The normalized spacial score (nSPS) is 11.5. The molecule has 0 aliphatic carbocycles. The molecule has 0 bridgehead atoms. The van der Waals surface area contributed by atoms with E-state index < -0.39 is 0 Å².